The average Bonchev–Trinajstić information content (AvgIpc) is 2.97. The van der Waals surface area contributed by atoms with Crippen LogP contribution in [0.25, 0.3) is 0 Å². The summed E-state index contributed by atoms with van der Waals surface area (Å²) in [6.07, 6.45) is 2.16. The van der Waals surface area contributed by atoms with Crippen LogP contribution >= 0.6 is 24.2 Å². The van der Waals surface area contributed by atoms with Gasteiger partial charge in [0.1, 0.15) is 17.8 Å². The SMILES string of the molecule is Cl.NCc1cc(C(=O)NC2CCSc3c(F)cccc32)co1. The molecule has 0 radical (unpaired) electrons. The first-order valence-electron chi connectivity index (χ1n) is 6.68. The van der Waals surface area contributed by atoms with Gasteiger partial charge in [-0.3, -0.25) is 4.79 Å². The number of carbonyl (C=O) groups is 1. The van der Waals surface area contributed by atoms with Crippen molar-refractivity contribution in [2.45, 2.75) is 23.9 Å². The van der Waals surface area contributed by atoms with E-state index in [1.807, 2.05) is 6.07 Å². The fourth-order valence-electron chi connectivity index (χ4n) is 2.38. The van der Waals surface area contributed by atoms with Gasteiger partial charge in [0.15, 0.2) is 0 Å². The number of halogens is 2. The van der Waals surface area contributed by atoms with Crippen LogP contribution in [-0.4, -0.2) is 11.7 Å². The molecule has 1 aliphatic heterocycles. The number of nitrogens with one attached hydrogen (secondary N) is 1. The van der Waals surface area contributed by atoms with Crippen LogP contribution in [-0.2, 0) is 6.54 Å². The highest BCUT2D eigenvalue weighted by molar-refractivity contribution is 7.99. The molecule has 2 aromatic rings. The third-order valence-corrected chi connectivity index (χ3v) is 4.61. The Labute approximate surface area is 138 Å². The van der Waals surface area contributed by atoms with Crippen LogP contribution in [0.3, 0.4) is 0 Å². The highest BCUT2D eigenvalue weighted by atomic mass is 35.5. The van der Waals surface area contributed by atoms with E-state index in [4.69, 9.17) is 10.2 Å². The molecule has 0 bridgehead atoms. The fraction of sp³-hybridized carbons (Fsp3) is 0.267. The van der Waals surface area contributed by atoms with E-state index in [2.05, 4.69) is 5.32 Å². The molecule has 0 fully saturated rings. The summed E-state index contributed by atoms with van der Waals surface area (Å²) >= 11 is 1.49. The van der Waals surface area contributed by atoms with Crippen molar-refractivity contribution in [1.82, 2.24) is 5.32 Å². The molecular formula is C15H16ClFN2O2S. The van der Waals surface area contributed by atoms with Gasteiger partial charge >= 0.3 is 0 Å². The predicted octanol–water partition coefficient (Wildman–Crippen LogP) is 3.27. The van der Waals surface area contributed by atoms with E-state index in [1.165, 1.54) is 24.1 Å². The summed E-state index contributed by atoms with van der Waals surface area (Å²) < 4.78 is 19.0. The largest absolute Gasteiger partial charge is 0.467 e. The van der Waals surface area contributed by atoms with Crippen LogP contribution in [0.2, 0.25) is 0 Å². The first kappa shape index (κ1) is 16.9. The molecule has 2 heterocycles. The van der Waals surface area contributed by atoms with Crippen molar-refractivity contribution in [2.24, 2.45) is 5.73 Å². The van der Waals surface area contributed by atoms with Crippen LogP contribution in [0.4, 0.5) is 4.39 Å². The first-order valence-corrected chi connectivity index (χ1v) is 7.67. The number of fused-ring (bicyclic) bond motifs is 1. The summed E-state index contributed by atoms with van der Waals surface area (Å²) in [5.41, 5.74) is 6.73. The van der Waals surface area contributed by atoms with Gasteiger partial charge in [0.25, 0.3) is 5.91 Å². The minimum Gasteiger partial charge on any atom is -0.467 e. The number of thioether (sulfide) groups is 1. The van der Waals surface area contributed by atoms with Crippen LogP contribution in [0.1, 0.15) is 34.1 Å². The molecule has 1 aromatic carbocycles. The van der Waals surface area contributed by atoms with E-state index >= 15 is 0 Å². The summed E-state index contributed by atoms with van der Waals surface area (Å²) in [4.78, 5) is 12.9. The summed E-state index contributed by atoms with van der Waals surface area (Å²) in [5, 5.41) is 2.94. The molecule has 1 aromatic heterocycles. The van der Waals surface area contributed by atoms with Crippen molar-refractivity contribution in [1.29, 1.82) is 0 Å². The normalized spacial score (nSPS) is 16.5. The fourth-order valence-corrected chi connectivity index (χ4v) is 3.53. The maximum atomic E-state index is 13.8. The first-order chi connectivity index (χ1) is 10.2. The second-order valence-corrected chi connectivity index (χ2v) is 5.93. The van der Waals surface area contributed by atoms with Crippen LogP contribution in [0, 0.1) is 5.82 Å². The molecule has 7 heteroatoms. The zero-order chi connectivity index (χ0) is 14.8. The zero-order valence-electron chi connectivity index (χ0n) is 11.7. The second kappa shape index (κ2) is 7.17. The van der Waals surface area contributed by atoms with Gasteiger partial charge in [0, 0.05) is 10.6 Å². The topological polar surface area (TPSA) is 68.3 Å². The Morgan fingerprint density at radius 2 is 2.32 bits per heavy atom. The van der Waals surface area contributed by atoms with Gasteiger partial charge in [-0.1, -0.05) is 12.1 Å². The van der Waals surface area contributed by atoms with Gasteiger partial charge < -0.3 is 15.5 Å². The van der Waals surface area contributed by atoms with Crippen molar-refractivity contribution >= 4 is 30.1 Å². The van der Waals surface area contributed by atoms with Gasteiger partial charge in [0.05, 0.1) is 18.2 Å². The lowest BCUT2D eigenvalue weighted by Gasteiger charge is -2.26. The Morgan fingerprint density at radius 1 is 1.50 bits per heavy atom. The van der Waals surface area contributed by atoms with Gasteiger partial charge in [-0.2, -0.15) is 0 Å². The lowest BCUT2D eigenvalue weighted by atomic mass is 10.0. The zero-order valence-corrected chi connectivity index (χ0v) is 13.3. The molecule has 1 atom stereocenters. The Hall–Kier alpha value is -1.50. The third-order valence-electron chi connectivity index (χ3n) is 3.45. The summed E-state index contributed by atoms with van der Waals surface area (Å²) in [6, 6.07) is 6.42. The number of carbonyl (C=O) groups excluding carboxylic acids is 1. The lowest BCUT2D eigenvalue weighted by Crippen LogP contribution is -2.30. The van der Waals surface area contributed by atoms with E-state index in [9.17, 15) is 9.18 Å². The van der Waals surface area contributed by atoms with Crippen molar-refractivity contribution in [2.75, 3.05) is 5.75 Å². The molecule has 0 spiro atoms. The van der Waals surface area contributed by atoms with Crippen molar-refractivity contribution in [3.8, 4) is 0 Å². The molecule has 118 valence electrons. The Bertz CT molecular complexity index is 677. The minimum atomic E-state index is -0.231. The number of benzene rings is 1. The van der Waals surface area contributed by atoms with Crippen molar-refractivity contribution < 1.29 is 13.6 Å². The van der Waals surface area contributed by atoms with E-state index in [0.717, 1.165) is 17.7 Å². The summed E-state index contributed by atoms with van der Waals surface area (Å²) in [6.45, 7) is 0.251. The molecule has 0 saturated carbocycles. The molecule has 3 N–H and O–H groups in total. The van der Waals surface area contributed by atoms with Gasteiger partial charge in [-0.05, 0) is 24.1 Å². The second-order valence-electron chi connectivity index (χ2n) is 4.83. The molecule has 1 amide bonds. The Kier molecular flexibility index (Phi) is 5.50. The smallest absolute Gasteiger partial charge is 0.255 e. The number of amides is 1. The molecule has 22 heavy (non-hydrogen) atoms. The van der Waals surface area contributed by atoms with Gasteiger partial charge in [-0.15, -0.1) is 24.2 Å². The number of hydrogen-bond acceptors (Lipinski definition) is 4. The maximum absolute atomic E-state index is 13.8. The number of rotatable bonds is 3. The predicted molar refractivity (Wildman–Crippen MR) is 85.8 cm³/mol. The van der Waals surface area contributed by atoms with Crippen molar-refractivity contribution in [3.63, 3.8) is 0 Å². The number of furan rings is 1. The molecule has 3 rings (SSSR count). The van der Waals surface area contributed by atoms with E-state index in [-0.39, 0.29) is 36.7 Å². The lowest BCUT2D eigenvalue weighted by molar-refractivity contribution is 0.0934. The minimum absolute atomic E-state index is 0. The van der Waals surface area contributed by atoms with Crippen LogP contribution in [0.5, 0.6) is 0 Å². The molecule has 0 saturated heterocycles. The number of nitrogens with two attached hydrogens (primary N) is 1. The summed E-state index contributed by atoms with van der Waals surface area (Å²) in [7, 11) is 0. The van der Waals surface area contributed by atoms with Gasteiger partial charge in [0.2, 0.25) is 0 Å². The van der Waals surface area contributed by atoms with E-state index < -0.39 is 0 Å². The standard InChI is InChI=1S/C15H15FN2O2S.ClH/c16-12-3-1-2-11-13(4-5-21-14(11)12)18-15(19)9-6-10(7-17)20-8-9;/h1-3,6,8,13H,4-5,7,17H2,(H,18,19);1H. The quantitative estimate of drug-likeness (QED) is 0.898. The van der Waals surface area contributed by atoms with E-state index in [0.29, 0.717) is 16.2 Å². The third kappa shape index (κ3) is 3.29. The Balaban J connectivity index is 0.00000176. The molecule has 1 unspecified atom stereocenters. The summed E-state index contributed by atoms with van der Waals surface area (Å²) in [5.74, 6) is 0.875. The monoisotopic (exact) mass is 342 g/mol. The maximum Gasteiger partial charge on any atom is 0.255 e. The Morgan fingerprint density at radius 3 is 3.05 bits per heavy atom. The van der Waals surface area contributed by atoms with Crippen LogP contribution < -0.4 is 11.1 Å². The molecular weight excluding hydrogens is 327 g/mol. The number of hydrogen-bond donors (Lipinski definition) is 2. The molecule has 0 aliphatic carbocycles. The van der Waals surface area contributed by atoms with E-state index in [1.54, 1.807) is 12.1 Å². The highest BCUT2D eigenvalue weighted by Crippen LogP contribution is 2.37. The molecule has 1 aliphatic rings. The molecule has 4 nitrogen and oxygen atoms in total. The average molecular weight is 343 g/mol. The highest BCUT2D eigenvalue weighted by Gasteiger charge is 2.25. The van der Waals surface area contributed by atoms with Crippen molar-refractivity contribution in [3.05, 3.63) is 53.2 Å². The van der Waals surface area contributed by atoms with Crippen LogP contribution in [0.15, 0.2) is 39.8 Å². The van der Waals surface area contributed by atoms with Gasteiger partial charge in [-0.25, -0.2) is 4.39 Å².